The molecule has 2 bridgehead atoms. The monoisotopic (exact) mass is 769 g/mol. The molecular weight excluding hydrogens is 718 g/mol. The number of piperazine rings is 1. The summed E-state index contributed by atoms with van der Waals surface area (Å²) in [5.41, 5.74) is 9.47. The first-order valence-corrected chi connectivity index (χ1v) is 20.8. The molecule has 0 radical (unpaired) electrons. The largest absolute Gasteiger partial charge is 0.508 e. The smallest absolute Gasteiger partial charge is 0.243 e. The molecular formula is C47H52FN5O4. The zero-order chi connectivity index (χ0) is 39.2. The quantitative estimate of drug-likeness (QED) is 0.121. The van der Waals surface area contributed by atoms with Crippen LogP contribution in [0.25, 0.3) is 11.1 Å². The van der Waals surface area contributed by atoms with Crippen molar-refractivity contribution in [3.63, 3.8) is 0 Å². The minimum absolute atomic E-state index is 0.178. The number of halogens is 1. The zero-order valence-corrected chi connectivity index (χ0v) is 32.7. The number of hydrogen-bond donors (Lipinski definition) is 3. The molecule has 0 spiro atoms. The third kappa shape index (κ3) is 7.53. The molecule has 0 aromatic heterocycles. The van der Waals surface area contributed by atoms with Crippen molar-refractivity contribution in [1.82, 2.24) is 15.1 Å². The molecule has 5 aliphatic rings. The lowest BCUT2D eigenvalue weighted by Gasteiger charge is -2.44. The van der Waals surface area contributed by atoms with Gasteiger partial charge in [0.15, 0.2) is 0 Å². The fourth-order valence-corrected chi connectivity index (χ4v) is 10.3. The van der Waals surface area contributed by atoms with Gasteiger partial charge in [0.2, 0.25) is 11.8 Å². The number of nitrogens with zero attached hydrogens (tertiary/aromatic N) is 4. The Morgan fingerprint density at radius 1 is 0.737 bits per heavy atom. The first-order valence-electron chi connectivity index (χ1n) is 20.8. The van der Waals surface area contributed by atoms with E-state index in [1.54, 1.807) is 30.3 Å². The van der Waals surface area contributed by atoms with Gasteiger partial charge in [-0.05, 0) is 132 Å². The van der Waals surface area contributed by atoms with Crippen LogP contribution in [0.5, 0.6) is 11.5 Å². The highest BCUT2D eigenvalue weighted by molar-refractivity contribution is 6.00. The van der Waals surface area contributed by atoms with Crippen LogP contribution >= 0.6 is 0 Å². The minimum Gasteiger partial charge on any atom is -0.508 e. The van der Waals surface area contributed by atoms with Crippen molar-refractivity contribution in [1.29, 1.82) is 0 Å². The minimum atomic E-state index is -0.348. The molecule has 4 aromatic carbocycles. The Kier molecular flexibility index (Phi) is 10.3. The molecule has 9 nitrogen and oxygen atoms in total. The van der Waals surface area contributed by atoms with Crippen molar-refractivity contribution in [2.24, 2.45) is 5.92 Å². The molecule has 4 saturated heterocycles. The van der Waals surface area contributed by atoms with E-state index in [0.717, 1.165) is 98.2 Å². The van der Waals surface area contributed by atoms with Crippen LogP contribution < -0.4 is 15.1 Å². The SMILES string of the molecule is CCC(=C(c1ccc(O)cc1)c1ccc(N2CCC(CN3C4CCC3CN(c3cc5c(cc3F)CN(C3CCC(=O)NC3=O)C5)C4)CC2)cc1)c1ccc(O)cc1. The number of carbonyl (C=O) groups is 2. The van der Waals surface area contributed by atoms with Crippen LogP contribution in [0.2, 0.25) is 0 Å². The highest BCUT2D eigenvalue weighted by Crippen LogP contribution is 2.40. The van der Waals surface area contributed by atoms with Crippen LogP contribution in [0, 0.1) is 11.7 Å². The zero-order valence-electron chi connectivity index (χ0n) is 32.7. The fraction of sp³-hybridized carbons (Fsp3) is 0.404. The summed E-state index contributed by atoms with van der Waals surface area (Å²) in [5, 5.41) is 22.4. The van der Waals surface area contributed by atoms with E-state index in [-0.39, 0.29) is 35.2 Å². The summed E-state index contributed by atoms with van der Waals surface area (Å²) < 4.78 is 15.7. The van der Waals surface area contributed by atoms with Gasteiger partial charge in [0.1, 0.15) is 17.3 Å². The maximum atomic E-state index is 15.7. The molecule has 5 heterocycles. The predicted octanol–water partition coefficient (Wildman–Crippen LogP) is 7.30. The molecule has 2 amide bonds. The Morgan fingerprint density at radius 3 is 1.91 bits per heavy atom. The van der Waals surface area contributed by atoms with Crippen molar-refractivity contribution < 1.29 is 24.2 Å². The van der Waals surface area contributed by atoms with Crippen LogP contribution in [0.1, 0.15) is 79.7 Å². The van der Waals surface area contributed by atoms with Gasteiger partial charge in [-0.3, -0.25) is 24.7 Å². The summed E-state index contributed by atoms with van der Waals surface area (Å²) >= 11 is 0. The molecule has 5 aliphatic heterocycles. The molecule has 9 rings (SSSR count). The number of benzene rings is 4. The molecule has 296 valence electrons. The third-order valence-corrected chi connectivity index (χ3v) is 13.3. The van der Waals surface area contributed by atoms with Gasteiger partial charge >= 0.3 is 0 Å². The van der Waals surface area contributed by atoms with Gasteiger partial charge in [0.25, 0.3) is 0 Å². The molecule has 4 aromatic rings. The van der Waals surface area contributed by atoms with Gasteiger partial charge in [-0.1, -0.05) is 43.3 Å². The summed E-state index contributed by atoms with van der Waals surface area (Å²) in [6, 6.07) is 27.9. The summed E-state index contributed by atoms with van der Waals surface area (Å²) in [6.07, 6.45) is 6.25. The highest BCUT2D eigenvalue weighted by Gasteiger charge is 2.42. The van der Waals surface area contributed by atoms with Gasteiger partial charge in [-0.25, -0.2) is 4.39 Å². The molecule has 0 aliphatic carbocycles. The normalized spacial score (nSPS) is 23.4. The number of nitrogens with one attached hydrogen (secondary N) is 1. The molecule has 3 N–H and O–H groups in total. The topological polar surface area (TPSA) is 99.6 Å². The van der Waals surface area contributed by atoms with Crippen LogP contribution in [0.15, 0.2) is 84.9 Å². The standard InChI is InChI=1S/C47H52FN5O4/c1-2-41(31-5-13-39(54)14-6-31)46(33-7-15-40(55)16-8-33)32-3-9-36(10-4-32)50-21-19-30(20-22-50)25-53-37-11-12-38(53)29-52(28-37)44-24-35-27-51(26-34(35)23-42(44)48)43-17-18-45(56)49-47(43)57/h3-10,13-16,23-24,30,37-38,43,54-55H,2,11-12,17-22,25-29H2,1H3,(H,49,56,57). The van der Waals surface area contributed by atoms with Crippen molar-refractivity contribution in [3.05, 3.63) is 119 Å². The molecule has 3 atom stereocenters. The Balaban J connectivity index is 0.827. The number of phenols is 2. The number of fused-ring (bicyclic) bond motifs is 3. The second-order valence-electron chi connectivity index (χ2n) is 16.7. The fourth-order valence-electron chi connectivity index (χ4n) is 10.3. The highest BCUT2D eigenvalue weighted by atomic mass is 19.1. The number of anilines is 2. The van der Waals surface area contributed by atoms with Crippen LogP contribution in [0.4, 0.5) is 15.8 Å². The van der Waals surface area contributed by atoms with Crippen LogP contribution in [0.3, 0.4) is 0 Å². The third-order valence-electron chi connectivity index (χ3n) is 13.3. The average molecular weight is 770 g/mol. The van der Waals surface area contributed by atoms with E-state index in [4.69, 9.17) is 0 Å². The maximum Gasteiger partial charge on any atom is 0.243 e. The number of carbonyl (C=O) groups excluding carboxylic acids is 2. The number of piperidine rings is 2. The van der Waals surface area contributed by atoms with Crippen LogP contribution in [-0.2, 0) is 22.7 Å². The van der Waals surface area contributed by atoms with E-state index in [2.05, 4.69) is 56.1 Å². The summed E-state index contributed by atoms with van der Waals surface area (Å²) in [7, 11) is 0. The molecule has 0 saturated carbocycles. The van der Waals surface area contributed by atoms with Gasteiger partial charge in [-0.2, -0.15) is 0 Å². The van der Waals surface area contributed by atoms with E-state index in [0.29, 0.717) is 49.6 Å². The van der Waals surface area contributed by atoms with Gasteiger partial charge in [-0.15, -0.1) is 0 Å². The lowest BCUT2D eigenvalue weighted by atomic mass is 9.88. The number of rotatable bonds is 9. The Morgan fingerprint density at radius 2 is 1.32 bits per heavy atom. The lowest BCUT2D eigenvalue weighted by Crippen LogP contribution is -2.55. The predicted molar refractivity (Wildman–Crippen MR) is 221 cm³/mol. The van der Waals surface area contributed by atoms with E-state index in [1.807, 2.05) is 30.3 Å². The average Bonchev–Trinajstić information content (AvgIpc) is 3.72. The first kappa shape index (κ1) is 37.4. The number of amides is 2. The summed E-state index contributed by atoms with van der Waals surface area (Å²) in [5.74, 6) is 0.481. The first-order chi connectivity index (χ1) is 27.7. The second kappa shape index (κ2) is 15.6. The maximum absolute atomic E-state index is 15.7. The number of allylic oxidation sites excluding steroid dienone is 1. The summed E-state index contributed by atoms with van der Waals surface area (Å²) in [6.45, 7) is 8.09. The summed E-state index contributed by atoms with van der Waals surface area (Å²) in [4.78, 5) is 33.8. The Hall–Kier alpha value is -5.19. The Bertz CT molecular complexity index is 2150. The van der Waals surface area contributed by atoms with Gasteiger partial charge in [0.05, 0.1) is 11.7 Å². The van der Waals surface area contributed by atoms with Crippen molar-refractivity contribution in [3.8, 4) is 11.5 Å². The van der Waals surface area contributed by atoms with Gasteiger partial charge in [0, 0.05) is 70.0 Å². The van der Waals surface area contributed by atoms with Crippen molar-refractivity contribution in [2.75, 3.05) is 42.5 Å². The van der Waals surface area contributed by atoms with Crippen LogP contribution in [-0.4, -0.2) is 82.7 Å². The number of hydrogen-bond acceptors (Lipinski definition) is 8. The lowest BCUT2D eigenvalue weighted by molar-refractivity contribution is -0.137. The van der Waals surface area contributed by atoms with E-state index in [1.165, 1.54) is 11.3 Å². The Labute approximate surface area is 334 Å². The number of imide groups is 1. The number of phenolic OH excluding ortho intramolecular Hbond substituents is 2. The van der Waals surface area contributed by atoms with Gasteiger partial charge < -0.3 is 20.0 Å². The van der Waals surface area contributed by atoms with E-state index >= 15 is 4.39 Å². The molecule has 10 heteroatoms. The molecule has 3 unspecified atom stereocenters. The van der Waals surface area contributed by atoms with E-state index in [9.17, 15) is 19.8 Å². The molecule has 4 fully saturated rings. The second-order valence-corrected chi connectivity index (χ2v) is 16.7. The number of aromatic hydroxyl groups is 2. The van der Waals surface area contributed by atoms with Crippen molar-refractivity contribution in [2.45, 2.75) is 83.1 Å². The van der Waals surface area contributed by atoms with Crippen molar-refractivity contribution >= 4 is 34.3 Å². The molecule has 57 heavy (non-hydrogen) atoms. The van der Waals surface area contributed by atoms with E-state index < -0.39 is 0 Å².